The summed E-state index contributed by atoms with van der Waals surface area (Å²) in [6.07, 6.45) is 6.70. The third kappa shape index (κ3) is 3.98. The molecule has 1 fully saturated rings. The molecular weight excluding hydrogens is 226 g/mol. The molecule has 1 saturated carbocycles. The molecule has 106 valence electrons. The number of carbonyl (C=O) groups is 1. The van der Waals surface area contributed by atoms with Gasteiger partial charge in [-0.25, -0.2) is 0 Å². The molecule has 1 atom stereocenters. The predicted octanol–water partition coefficient (Wildman–Crippen LogP) is 2.73. The van der Waals surface area contributed by atoms with E-state index < -0.39 is 0 Å². The minimum atomic E-state index is -0.242. The first kappa shape index (κ1) is 15.5. The van der Waals surface area contributed by atoms with E-state index in [1.54, 1.807) is 0 Å². The van der Waals surface area contributed by atoms with Crippen LogP contribution in [0.4, 0.5) is 0 Å². The Kier molecular flexibility index (Phi) is 6.13. The average Bonchev–Trinajstić information content (AvgIpc) is 2.88. The van der Waals surface area contributed by atoms with Crippen LogP contribution in [0.1, 0.15) is 59.3 Å². The zero-order chi connectivity index (χ0) is 13.6. The zero-order valence-corrected chi connectivity index (χ0v) is 12.2. The first-order chi connectivity index (χ1) is 8.52. The van der Waals surface area contributed by atoms with Crippen molar-refractivity contribution in [2.75, 3.05) is 13.2 Å². The van der Waals surface area contributed by atoms with E-state index in [1.807, 2.05) is 0 Å². The van der Waals surface area contributed by atoms with Crippen molar-refractivity contribution in [1.82, 2.24) is 5.32 Å². The van der Waals surface area contributed by atoms with Crippen LogP contribution in [-0.2, 0) is 4.79 Å². The second-order valence-corrected chi connectivity index (χ2v) is 6.20. The maximum Gasteiger partial charge on any atom is 0.225 e. The van der Waals surface area contributed by atoms with Gasteiger partial charge in [0.1, 0.15) is 0 Å². The molecule has 1 amide bonds. The van der Waals surface area contributed by atoms with E-state index in [-0.39, 0.29) is 17.9 Å². The first-order valence-corrected chi connectivity index (χ1v) is 7.41. The molecule has 3 heteroatoms. The van der Waals surface area contributed by atoms with Gasteiger partial charge >= 0.3 is 0 Å². The molecule has 0 bridgehead atoms. The monoisotopic (exact) mass is 255 g/mol. The third-order valence-corrected chi connectivity index (χ3v) is 4.63. The molecule has 1 aliphatic carbocycles. The Hall–Kier alpha value is -0.570. The second kappa shape index (κ2) is 7.13. The maximum absolute atomic E-state index is 12.3. The summed E-state index contributed by atoms with van der Waals surface area (Å²) in [6.45, 7) is 7.16. The van der Waals surface area contributed by atoms with E-state index in [0.29, 0.717) is 18.4 Å². The summed E-state index contributed by atoms with van der Waals surface area (Å²) in [5.74, 6) is 1.12. The van der Waals surface area contributed by atoms with E-state index in [1.165, 1.54) is 25.7 Å². The number of aliphatic hydroxyl groups is 1. The average molecular weight is 255 g/mol. The number of nitrogens with one attached hydrogen (secondary N) is 1. The summed E-state index contributed by atoms with van der Waals surface area (Å²) < 4.78 is 0. The molecule has 2 N–H and O–H groups in total. The summed E-state index contributed by atoms with van der Waals surface area (Å²) in [6, 6.07) is 0. The lowest BCUT2D eigenvalue weighted by Crippen LogP contribution is -2.43. The van der Waals surface area contributed by atoms with E-state index in [4.69, 9.17) is 5.11 Å². The molecule has 1 aliphatic rings. The topological polar surface area (TPSA) is 49.3 Å². The van der Waals surface area contributed by atoms with Gasteiger partial charge in [-0.15, -0.1) is 0 Å². The predicted molar refractivity (Wildman–Crippen MR) is 74.2 cm³/mol. The molecular formula is C15H29NO2. The Morgan fingerprint density at radius 2 is 2.00 bits per heavy atom. The van der Waals surface area contributed by atoms with Gasteiger partial charge in [0.25, 0.3) is 0 Å². The summed E-state index contributed by atoms with van der Waals surface area (Å²) in [5.41, 5.74) is -0.242. The fourth-order valence-corrected chi connectivity index (χ4v) is 2.93. The van der Waals surface area contributed by atoms with Crippen molar-refractivity contribution in [3.05, 3.63) is 0 Å². The van der Waals surface area contributed by atoms with Gasteiger partial charge in [-0.05, 0) is 31.1 Å². The van der Waals surface area contributed by atoms with Crippen molar-refractivity contribution >= 4 is 5.91 Å². The van der Waals surface area contributed by atoms with Crippen LogP contribution in [0.25, 0.3) is 0 Å². The van der Waals surface area contributed by atoms with Crippen LogP contribution in [0.2, 0.25) is 0 Å². The quantitative estimate of drug-likeness (QED) is 0.735. The Morgan fingerprint density at radius 1 is 1.39 bits per heavy atom. The number of hydrogen-bond donors (Lipinski definition) is 2. The number of hydrogen-bond acceptors (Lipinski definition) is 2. The minimum Gasteiger partial charge on any atom is -0.396 e. The fourth-order valence-electron chi connectivity index (χ4n) is 2.93. The standard InChI is InChI=1S/C15H29NO2/c1-4-12(9-10-17)11-16-14(18)15(2,3)13-7-5-6-8-13/h12-13,17H,4-11H2,1-3H3,(H,16,18). The van der Waals surface area contributed by atoms with Gasteiger partial charge in [-0.1, -0.05) is 40.0 Å². The van der Waals surface area contributed by atoms with Crippen molar-refractivity contribution in [2.24, 2.45) is 17.3 Å². The zero-order valence-electron chi connectivity index (χ0n) is 12.2. The molecule has 3 nitrogen and oxygen atoms in total. The molecule has 1 unspecified atom stereocenters. The summed E-state index contributed by atoms with van der Waals surface area (Å²) in [5, 5.41) is 12.0. The maximum atomic E-state index is 12.3. The Labute approximate surface area is 111 Å². The van der Waals surface area contributed by atoms with Gasteiger partial charge in [0.2, 0.25) is 5.91 Å². The molecule has 0 aromatic carbocycles. The fraction of sp³-hybridized carbons (Fsp3) is 0.933. The number of aliphatic hydroxyl groups excluding tert-OH is 1. The molecule has 0 aliphatic heterocycles. The van der Waals surface area contributed by atoms with Crippen LogP contribution < -0.4 is 5.32 Å². The van der Waals surface area contributed by atoms with Crippen molar-refractivity contribution < 1.29 is 9.90 Å². The van der Waals surface area contributed by atoms with Crippen molar-refractivity contribution in [3.63, 3.8) is 0 Å². The summed E-state index contributed by atoms with van der Waals surface area (Å²) in [7, 11) is 0. The van der Waals surface area contributed by atoms with Crippen LogP contribution >= 0.6 is 0 Å². The lowest BCUT2D eigenvalue weighted by molar-refractivity contribution is -0.132. The minimum absolute atomic E-state index is 0.186. The third-order valence-electron chi connectivity index (χ3n) is 4.63. The first-order valence-electron chi connectivity index (χ1n) is 7.41. The van der Waals surface area contributed by atoms with Gasteiger partial charge in [-0.2, -0.15) is 0 Å². The van der Waals surface area contributed by atoms with Gasteiger partial charge in [0.05, 0.1) is 0 Å². The van der Waals surface area contributed by atoms with E-state index in [2.05, 4.69) is 26.1 Å². The largest absolute Gasteiger partial charge is 0.396 e. The smallest absolute Gasteiger partial charge is 0.225 e. The van der Waals surface area contributed by atoms with Gasteiger partial charge < -0.3 is 10.4 Å². The highest BCUT2D eigenvalue weighted by atomic mass is 16.3. The molecule has 0 aromatic heterocycles. The molecule has 0 spiro atoms. The van der Waals surface area contributed by atoms with Crippen molar-refractivity contribution in [3.8, 4) is 0 Å². The summed E-state index contributed by atoms with van der Waals surface area (Å²) >= 11 is 0. The van der Waals surface area contributed by atoms with Crippen LogP contribution in [0, 0.1) is 17.3 Å². The van der Waals surface area contributed by atoms with Crippen LogP contribution in [-0.4, -0.2) is 24.2 Å². The van der Waals surface area contributed by atoms with Crippen molar-refractivity contribution in [1.29, 1.82) is 0 Å². The van der Waals surface area contributed by atoms with Crippen LogP contribution in [0.15, 0.2) is 0 Å². The lowest BCUT2D eigenvalue weighted by atomic mass is 9.77. The normalized spacial score (nSPS) is 18.9. The van der Waals surface area contributed by atoms with E-state index in [9.17, 15) is 4.79 Å². The highest BCUT2D eigenvalue weighted by molar-refractivity contribution is 5.82. The van der Waals surface area contributed by atoms with Crippen LogP contribution in [0.3, 0.4) is 0 Å². The number of carbonyl (C=O) groups excluding carboxylic acids is 1. The Balaban J connectivity index is 2.43. The van der Waals surface area contributed by atoms with Crippen molar-refractivity contribution in [2.45, 2.75) is 59.3 Å². The Morgan fingerprint density at radius 3 is 2.50 bits per heavy atom. The van der Waals surface area contributed by atoms with E-state index >= 15 is 0 Å². The molecule has 0 radical (unpaired) electrons. The molecule has 0 heterocycles. The number of rotatable bonds is 7. The van der Waals surface area contributed by atoms with Crippen LogP contribution in [0.5, 0.6) is 0 Å². The SMILES string of the molecule is CCC(CCO)CNC(=O)C(C)(C)C1CCCC1. The second-order valence-electron chi connectivity index (χ2n) is 6.20. The Bertz CT molecular complexity index is 257. The molecule has 0 aromatic rings. The molecule has 0 saturated heterocycles. The van der Waals surface area contributed by atoms with Gasteiger partial charge in [0, 0.05) is 18.6 Å². The lowest BCUT2D eigenvalue weighted by Gasteiger charge is -2.31. The molecule has 18 heavy (non-hydrogen) atoms. The molecule has 1 rings (SSSR count). The highest BCUT2D eigenvalue weighted by Gasteiger charge is 2.37. The number of amides is 1. The van der Waals surface area contributed by atoms with Gasteiger partial charge in [-0.3, -0.25) is 4.79 Å². The highest BCUT2D eigenvalue weighted by Crippen LogP contribution is 2.39. The van der Waals surface area contributed by atoms with Gasteiger partial charge in [0.15, 0.2) is 0 Å². The van der Waals surface area contributed by atoms with E-state index in [0.717, 1.165) is 12.8 Å². The summed E-state index contributed by atoms with van der Waals surface area (Å²) in [4.78, 5) is 12.3.